The van der Waals surface area contributed by atoms with Crippen LogP contribution in [0, 0.1) is 0 Å². The minimum absolute atomic E-state index is 0.147. The highest BCUT2D eigenvalue weighted by atomic mass is 35.5. The first-order valence-electron chi connectivity index (χ1n) is 6.38. The highest BCUT2D eigenvalue weighted by Gasteiger charge is 2.20. The molecule has 0 fully saturated rings. The monoisotopic (exact) mass is 315 g/mol. The van der Waals surface area contributed by atoms with E-state index in [2.05, 4.69) is 5.32 Å². The fourth-order valence-corrected chi connectivity index (χ4v) is 2.30. The number of para-hydroxylation sites is 2. The Kier molecular flexibility index (Phi) is 3.56. The molecule has 1 aromatic heterocycles. The lowest BCUT2D eigenvalue weighted by molar-refractivity contribution is 0.102. The zero-order valence-corrected chi connectivity index (χ0v) is 11.9. The van der Waals surface area contributed by atoms with E-state index >= 15 is 0 Å². The van der Waals surface area contributed by atoms with E-state index in [9.17, 15) is 14.7 Å². The molecule has 3 rings (SSSR count). The Bertz CT molecular complexity index is 933. The van der Waals surface area contributed by atoms with Crippen molar-refractivity contribution in [2.45, 2.75) is 0 Å². The number of fused-ring (bicyclic) bond motifs is 1. The van der Waals surface area contributed by atoms with Crippen LogP contribution in [-0.4, -0.2) is 11.0 Å². The topological polar surface area (TPSA) is 79.5 Å². The van der Waals surface area contributed by atoms with E-state index in [-0.39, 0.29) is 11.1 Å². The van der Waals surface area contributed by atoms with Gasteiger partial charge in [-0.25, -0.2) is 4.79 Å². The predicted octanol–water partition coefficient (Wildman–Crippen LogP) is 3.40. The number of benzene rings is 2. The van der Waals surface area contributed by atoms with Gasteiger partial charge in [-0.2, -0.15) is 0 Å². The zero-order valence-electron chi connectivity index (χ0n) is 11.2. The molecule has 0 aliphatic carbocycles. The number of carbonyl (C=O) groups is 1. The van der Waals surface area contributed by atoms with Gasteiger partial charge in [0.05, 0.1) is 10.7 Å². The summed E-state index contributed by atoms with van der Waals surface area (Å²) in [6, 6.07) is 13.1. The molecule has 0 atom stereocenters. The molecule has 1 amide bonds. The maximum Gasteiger partial charge on any atom is 0.379 e. The SMILES string of the molecule is O=C(Nc1ccccc1Cl)c1c(O)c(=O)oc2ccccc12. The first kappa shape index (κ1) is 14.2. The number of hydrogen-bond donors (Lipinski definition) is 2. The normalized spacial score (nSPS) is 10.6. The van der Waals surface area contributed by atoms with Crippen LogP contribution in [0.2, 0.25) is 5.02 Å². The lowest BCUT2D eigenvalue weighted by atomic mass is 10.1. The molecule has 1 heterocycles. The van der Waals surface area contributed by atoms with Crippen LogP contribution in [0.1, 0.15) is 10.4 Å². The molecule has 3 aromatic rings. The molecule has 0 radical (unpaired) electrons. The molecule has 110 valence electrons. The average Bonchev–Trinajstić information content (AvgIpc) is 2.50. The van der Waals surface area contributed by atoms with Gasteiger partial charge in [0.25, 0.3) is 5.91 Å². The molecular formula is C16H10ClNO4. The van der Waals surface area contributed by atoms with Gasteiger partial charge in [0.1, 0.15) is 11.1 Å². The second kappa shape index (κ2) is 5.54. The first-order chi connectivity index (χ1) is 10.6. The van der Waals surface area contributed by atoms with Gasteiger partial charge >= 0.3 is 5.63 Å². The fraction of sp³-hybridized carbons (Fsp3) is 0. The Balaban J connectivity index is 2.13. The molecule has 0 aliphatic rings. The predicted molar refractivity (Wildman–Crippen MR) is 83.6 cm³/mol. The average molecular weight is 316 g/mol. The lowest BCUT2D eigenvalue weighted by Gasteiger charge is -2.09. The smallest absolute Gasteiger partial charge is 0.379 e. The Hall–Kier alpha value is -2.79. The van der Waals surface area contributed by atoms with Crippen molar-refractivity contribution in [3.8, 4) is 5.75 Å². The second-order valence-electron chi connectivity index (χ2n) is 4.54. The van der Waals surface area contributed by atoms with E-state index in [0.29, 0.717) is 16.1 Å². The Labute approximate surface area is 129 Å². The minimum Gasteiger partial charge on any atom is -0.501 e. The van der Waals surface area contributed by atoms with Crippen molar-refractivity contribution >= 4 is 34.2 Å². The standard InChI is InChI=1S/C16H10ClNO4/c17-10-6-2-3-7-11(10)18-15(20)13-9-5-1-4-8-12(9)22-16(21)14(13)19/h1-8,19H,(H,18,20). The molecule has 22 heavy (non-hydrogen) atoms. The summed E-state index contributed by atoms with van der Waals surface area (Å²) in [6.07, 6.45) is 0. The van der Waals surface area contributed by atoms with Gasteiger partial charge in [-0.1, -0.05) is 41.9 Å². The number of hydrogen-bond acceptors (Lipinski definition) is 4. The van der Waals surface area contributed by atoms with Crippen molar-refractivity contribution in [3.05, 3.63) is 69.5 Å². The van der Waals surface area contributed by atoms with Crippen LogP contribution in [0.4, 0.5) is 5.69 Å². The number of carbonyl (C=O) groups excluding carboxylic acids is 1. The summed E-state index contributed by atoms with van der Waals surface area (Å²) in [4.78, 5) is 24.1. The van der Waals surface area contributed by atoms with E-state index in [1.807, 2.05) is 0 Å². The van der Waals surface area contributed by atoms with Crippen LogP contribution < -0.4 is 10.9 Å². The summed E-state index contributed by atoms with van der Waals surface area (Å²) in [6.45, 7) is 0. The van der Waals surface area contributed by atoms with Crippen molar-refractivity contribution in [1.29, 1.82) is 0 Å². The number of aromatic hydroxyl groups is 1. The number of rotatable bonds is 2. The molecule has 0 saturated heterocycles. The molecule has 0 aliphatic heterocycles. The molecule has 0 bridgehead atoms. The van der Waals surface area contributed by atoms with Crippen molar-refractivity contribution in [2.75, 3.05) is 5.32 Å². The van der Waals surface area contributed by atoms with Gasteiger partial charge in [0.2, 0.25) is 5.75 Å². The maximum absolute atomic E-state index is 12.4. The Morgan fingerprint density at radius 1 is 1.09 bits per heavy atom. The van der Waals surface area contributed by atoms with Crippen LogP contribution >= 0.6 is 11.6 Å². The zero-order chi connectivity index (χ0) is 15.7. The van der Waals surface area contributed by atoms with Gasteiger partial charge in [-0.3, -0.25) is 4.79 Å². The molecule has 6 heteroatoms. The molecule has 2 N–H and O–H groups in total. The van der Waals surface area contributed by atoms with E-state index in [1.165, 1.54) is 0 Å². The Morgan fingerprint density at radius 2 is 1.77 bits per heavy atom. The van der Waals surface area contributed by atoms with Crippen molar-refractivity contribution in [1.82, 2.24) is 0 Å². The van der Waals surface area contributed by atoms with E-state index in [1.54, 1.807) is 48.5 Å². The van der Waals surface area contributed by atoms with Crippen LogP contribution in [0.15, 0.2) is 57.7 Å². The molecule has 2 aromatic carbocycles. The third-order valence-electron chi connectivity index (χ3n) is 3.14. The van der Waals surface area contributed by atoms with E-state index < -0.39 is 17.3 Å². The summed E-state index contributed by atoms with van der Waals surface area (Å²) in [5.74, 6) is -1.38. The van der Waals surface area contributed by atoms with Gasteiger partial charge in [-0.15, -0.1) is 0 Å². The third-order valence-corrected chi connectivity index (χ3v) is 3.47. The number of halogens is 1. The third kappa shape index (κ3) is 2.42. The highest BCUT2D eigenvalue weighted by molar-refractivity contribution is 6.34. The summed E-state index contributed by atoms with van der Waals surface area (Å²) in [7, 11) is 0. The van der Waals surface area contributed by atoms with Crippen molar-refractivity contribution in [2.24, 2.45) is 0 Å². The van der Waals surface area contributed by atoms with Crippen LogP contribution in [0.3, 0.4) is 0 Å². The molecule has 0 spiro atoms. The first-order valence-corrected chi connectivity index (χ1v) is 6.76. The summed E-state index contributed by atoms with van der Waals surface area (Å²) >= 11 is 5.99. The molecule has 0 unspecified atom stereocenters. The summed E-state index contributed by atoms with van der Waals surface area (Å²) in [5.41, 5.74) is -0.518. The van der Waals surface area contributed by atoms with Crippen molar-refractivity contribution in [3.63, 3.8) is 0 Å². The number of anilines is 1. The largest absolute Gasteiger partial charge is 0.501 e. The van der Waals surface area contributed by atoms with E-state index in [0.717, 1.165) is 0 Å². The van der Waals surface area contributed by atoms with Gasteiger partial charge < -0.3 is 14.8 Å². The Morgan fingerprint density at radius 3 is 2.55 bits per heavy atom. The van der Waals surface area contributed by atoms with E-state index in [4.69, 9.17) is 16.0 Å². The molecule has 0 saturated carbocycles. The minimum atomic E-state index is -0.969. The van der Waals surface area contributed by atoms with Crippen LogP contribution in [0.25, 0.3) is 11.0 Å². The molecular weight excluding hydrogens is 306 g/mol. The van der Waals surface area contributed by atoms with Gasteiger partial charge in [0, 0.05) is 5.39 Å². The lowest BCUT2D eigenvalue weighted by Crippen LogP contribution is -2.16. The maximum atomic E-state index is 12.4. The number of amides is 1. The van der Waals surface area contributed by atoms with Gasteiger partial charge in [-0.05, 0) is 18.2 Å². The summed E-state index contributed by atoms with van der Waals surface area (Å²) < 4.78 is 4.95. The molecule has 5 nitrogen and oxygen atoms in total. The summed E-state index contributed by atoms with van der Waals surface area (Å²) in [5, 5.41) is 13.2. The quantitative estimate of drug-likeness (QED) is 0.710. The van der Waals surface area contributed by atoms with Gasteiger partial charge in [0.15, 0.2) is 0 Å². The van der Waals surface area contributed by atoms with Crippen molar-refractivity contribution < 1.29 is 14.3 Å². The number of nitrogens with one attached hydrogen (secondary N) is 1. The van der Waals surface area contributed by atoms with Crippen LogP contribution in [-0.2, 0) is 0 Å². The second-order valence-corrected chi connectivity index (χ2v) is 4.95. The van der Waals surface area contributed by atoms with Crippen LogP contribution in [0.5, 0.6) is 5.75 Å². The fourth-order valence-electron chi connectivity index (χ4n) is 2.12. The highest BCUT2D eigenvalue weighted by Crippen LogP contribution is 2.26.